The topological polar surface area (TPSA) is 245 Å². The summed E-state index contributed by atoms with van der Waals surface area (Å²) in [5.41, 5.74) is 10.6. The zero-order valence-electron chi connectivity index (χ0n) is 26.2. The monoisotopic (exact) mass is 665 g/mol. The summed E-state index contributed by atoms with van der Waals surface area (Å²) in [7, 11) is -4.45. The lowest BCUT2D eigenvalue weighted by Crippen LogP contribution is -2.44. The number of aryl methyl sites for hydroxylation is 1. The number of aliphatic hydroxyl groups excluding tert-OH is 1. The number of hydrogen-bond acceptors (Lipinski definition) is 15. The molecule has 46 heavy (non-hydrogen) atoms. The quantitative estimate of drug-likeness (QED) is 0.121. The minimum absolute atomic E-state index is 0.0103. The van der Waals surface area contributed by atoms with Gasteiger partial charge in [0.1, 0.15) is 35.1 Å². The summed E-state index contributed by atoms with van der Waals surface area (Å²) in [6.45, 7) is 7.43. The maximum Gasteiger partial charge on any atom is 0.459 e. The van der Waals surface area contributed by atoms with Gasteiger partial charge in [-0.05, 0) is 52.7 Å². The predicted octanol–water partition coefficient (Wildman–Crippen LogP) is 1.63. The Balaban J connectivity index is 1.58. The van der Waals surface area contributed by atoms with Crippen LogP contribution in [0, 0.1) is 0 Å². The van der Waals surface area contributed by atoms with Gasteiger partial charge in [0.25, 0.3) is 0 Å². The number of imidazole rings is 1. The van der Waals surface area contributed by atoms with E-state index in [1.807, 2.05) is 0 Å². The van der Waals surface area contributed by atoms with Gasteiger partial charge in [-0.1, -0.05) is 18.2 Å². The lowest BCUT2D eigenvalue weighted by Gasteiger charge is -2.27. The van der Waals surface area contributed by atoms with Crippen LogP contribution in [-0.2, 0) is 39.3 Å². The van der Waals surface area contributed by atoms with Crippen LogP contribution in [0.5, 0.6) is 5.75 Å². The molecule has 1 unspecified atom stereocenters. The Morgan fingerprint density at radius 2 is 1.93 bits per heavy atom. The van der Waals surface area contributed by atoms with Crippen LogP contribution in [0.2, 0.25) is 0 Å². The third kappa shape index (κ3) is 7.92. The van der Waals surface area contributed by atoms with Crippen LogP contribution in [0.15, 0.2) is 30.6 Å². The summed E-state index contributed by atoms with van der Waals surface area (Å²) in [6, 6.07) is 5.40. The number of aliphatic hydroxyl groups is 2. The first-order chi connectivity index (χ1) is 21.6. The van der Waals surface area contributed by atoms with E-state index in [9.17, 15) is 24.4 Å². The molecule has 7 N–H and O–H groups in total. The summed E-state index contributed by atoms with van der Waals surface area (Å²) in [6.07, 6.45) is -3.00. The Kier molecular flexibility index (Phi) is 10.9. The van der Waals surface area contributed by atoms with Crippen molar-refractivity contribution in [1.29, 1.82) is 0 Å². The van der Waals surface area contributed by atoms with Crippen LogP contribution in [0.4, 0.5) is 11.8 Å². The normalized spacial score (nSPS) is 23.3. The van der Waals surface area contributed by atoms with Crippen molar-refractivity contribution in [3.63, 3.8) is 0 Å². The molecule has 6 atom stereocenters. The Labute approximate surface area is 265 Å². The highest BCUT2D eigenvalue weighted by atomic mass is 31.2. The summed E-state index contributed by atoms with van der Waals surface area (Å²) in [5.74, 6) is -1.15. The molecule has 1 aliphatic rings. The van der Waals surface area contributed by atoms with Crippen LogP contribution >= 0.6 is 7.75 Å². The zero-order chi connectivity index (χ0) is 33.8. The SMILES string of the molecule is CCOC(=O)CCc1ccccc1OP(=O)(N[C@@H](C)C(=O)OC(C)C)OC[C@H]1O[C@@H](n2cnc3c(N)nc(N)nc32)[C@](C)(O)[C@@H]1O. The fourth-order valence-electron chi connectivity index (χ4n) is 4.79. The molecule has 252 valence electrons. The number of aromatic nitrogens is 4. The number of esters is 2. The van der Waals surface area contributed by atoms with Gasteiger partial charge >= 0.3 is 19.7 Å². The van der Waals surface area contributed by atoms with Crippen molar-refractivity contribution in [1.82, 2.24) is 24.6 Å². The number of hydrogen-bond donors (Lipinski definition) is 5. The molecule has 1 aromatic carbocycles. The number of fused-ring (bicyclic) bond motifs is 1. The second kappa shape index (κ2) is 14.3. The van der Waals surface area contributed by atoms with E-state index in [0.29, 0.717) is 5.56 Å². The van der Waals surface area contributed by atoms with Gasteiger partial charge in [0.2, 0.25) is 5.95 Å². The lowest BCUT2D eigenvalue weighted by molar-refractivity contribution is -0.149. The van der Waals surface area contributed by atoms with E-state index < -0.39 is 62.5 Å². The smallest absolute Gasteiger partial charge is 0.459 e. The number of benzene rings is 1. The zero-order valence-corrected chi connectivity index (χ0v) is 27.0. The van der Waals surface area contributed by atoms with Gasteiger partial charge < -0.3 is 40.4 Å². The molecule has 0 bridgehead atoms. The summed E-state index contributed by atoms with van der Waals surface area (Å²) in [5, 5.41) is 25.0. The van der Waals surface area contributed by atoms with Crippen molar-refractivity contribution >= 4 is 42.6 Å². The highest BCUT2D eigenvalue weighted by Gasteiger charge is 2.54. The molecular weight excluding hydrogens is 625 g/mol. The van der Waals surface area contributed by atoms with Crippen molar-refractivity contribution in [3.8, 4) is 5.75 Å². The molecule has 0 radical (unpaired) electrons. The van der Waals surface area contributed by atoms with Crippen molar-refractivity contribution in [2.24, 2.45) is 0 Å². The molecule has 1 fully saturated rings. The molecular formula is C28H40N7O10P. The van der Waals surface area contributed by atoms with E-state index in [0.717, 1.165) is 0 Å². The maximum absolute atomic E-state index is 14.2. The summed E-state index contributed by atoms with van der Waals surface area (Å²) >= 11 is 0. The molecule has 2 aromatic heterocycles. The van der Waals surface area contributed by atoms with Crippen LogP contribution in [0.25, 0.3) is 11.2 Å². The van der Waals surface area contributed by atoms with Crippen LogP contribution in [0.1, 0.15) is 52.8 Å². The first-order valence-corrected chi connectivity index (χ1v) is 16.2. The number of para-hydroxylation sites is 1. The fourth-order valence-corrected chi connectivity index (χ4v) is 6.33. The first-order valence-electron chi connectivity index (χ1n) is 14.6. The molecule has 0 saturated carbocycles. The van der Waals surface area contributed by atoms with Gasteiger partial charge in [-0.3, -0.25) is 18.7 Å². The van der Waals surface area contributed by atoms with Crippen LogP contribution in [0.3, 0.4) is 0 Å². The largest absolute Gasteiger partial charge is 0.466 e. The van der Waals surface area contributed by atoms with Crippen LogP contribution in [-0.4, -0.2) is 84.8 Å². The number of nitrogens with one attached hydrogen (secondary N) is 1. The molecule has 18 heteroatoms. The van der Waals surface area contributed by atoms with Crippen molar-refractivity contribution in [2.75, 3.05) is 24.7 Å². The van der Waals surface area contributed by atoms with E-state index in [4.69, 9.17) is 34.7 Å². The molecule has 1 aliphatic heterocycles. The highest BCUT2D eigenvalue weighted by Crippen LogP contribution is 2.48. The van der Waals surface area contributed by atoms with Crippen molar-refractivity contribution < 1.29 is 47.6 Å². The molecule has 4 rings (SSSR count). The molecule has 0 amide bonds. The van der Waals surface area contributed by atoms with Gasteiger partial charge in [-0.15, -0.1) is 0 Å². The number of nitrogen functional groups attached to an aromatic ring is 2. The Hall–Kier alpha value is -3.86. The van der Waals surface area contributed by atoms with Gasteiger partial charge in [0.15, 0.2) is 17.7 Å². The molecule has 17 nitrogen and oxygen atoms in total. The summed E-state index contributed by atoms with van der Waals surface area (Å²) < 4.78 is 43.4. The Morgan fingerprint density at radius 1 is 1.22 bits per heavy atom. The number of rotatable bonds is 14. The number of anilines is 2. The number of carbonyl (C=O) groups excluding carboxylic acids is 2. The maximum atomic E-state index is 14.2. The minimum atomic E-state index is -4.45. The molecule has 3 heterocycles. The van der Waals surface area contributed by atoms with E-state index in [1.54, 1.807) is 39.0 Å². The van der Waals surface area contributed by atoms with E-state index >= 15 is 0 Å². The molecule has 0 aliphatic carbocycles. The predicted molar refractivity (Wildman–Crippen MR) is 164 cm³/mol. The number of carbonyl (C=O) groups is 2. The lowest BCUT2D eigenvalue weighted by atomic mass is 9.96. The standard InChI is InChI=1S/C28H40N7O10P/c1-6-41-20(36)12-11-17-9-7-8-10-18(17)45-46(40,34-16(4)25(38)43-15(2)3)42-13-19-22(37)28(5,39)26(44-19)35-14-31-21-23(29)32-27(30)33-24(21)35/h7-10,14-16,19,22,26,37,39H,6,11-13H2,1-5H3,(H,34,40)(H4,29,30,32,33)/t16-,19+,22+,26+,28+,46?/m0/s1. The summed E-state index contributed by atoms with van der Waals surface area (Å²) in [4.78, 5) is 36.8. The third-order valence-corrected chi connectivity index (χ3v) is 8.66. The third-order valence-electron chi connectivity index (χ3n) is 7.03. The number of ether oxygens (including phenoxy) is 3. The van der Waals surface area contributed by atoms with Crippen molar-refractivity contribution in [3.05, 3.63) is 36.2 Å². The van der Waals surface area contributed by atoms with Gasteiger partial charge in [0, 0.05) is 6.42 Å². The first kappa shape index (κ1) is 35.0. The average Bonchev–Trinajstić information content (AvgIpc) is 3.48. The van der Waals surface area contributed by atoms with Crippen LogP contribution < -0.4 is 21.1 Å². The van der Waals surface area contributed by atoms with Crippen molar-refractivity contribution in [2.45, 2.75) is 83.6 Å². The van der Waals surface area contributed by atoms with Gasteiger partial charge in [-0.2, -0.15) is 15.1 Å². The van der Waals surface area contributed by atoms with Gasteiger partial charge in [-0.25, -0.2) is 9.55 Å². The Bertz CT molecular complexity index is 1600. The van der Waals surface area contributed by atoms with Gasteiger partial charge in [0.05, 0.1) is 25.6 Å². The Morgan fingerprint density at radius 3 is 2.63 bits per heavy atom. The molecule has 1 saturated heterocycles. The highest BCUT2D eigenvalue weighted by molar-refractivity contribution is 7.52. The number of nitrogens with zero attached hydrogens (tertiary/aromatic N) is 4. The van der Waals surface area contributed by atoms with E-state index in [2.05, 4.69) is 20.0 Å². The fraction of sp³-hybridized carbons (Fsp3) is 0.536. The molecule has 3 aromatic rings. The number of nitrogens with two attached hydrogens (primary N) is 2. The van der Waals surface area contributed by atoms with E-state index in [1.165, 1.54) is 30.8 Å². The second-order valence-electron chi connectivity index (χ2n) is 11.1. The second-order valence-corrected chi connectivity index (χ2v) is 12.8. The minimum Gasteiger partial charge on any atom is -0.466 e. The van der Waals surface area contributed by atoms with E-state index in [-0.39, 0.29) is 48.1 Å². The average molecular weight is 666 g/mol. The molecule has 0 spiro atoms.